The number of nitrogens with zero attached hydrogens (tertiary/aromatic N) is 1. The lowest BCUT2D eigenvalue weighted by molar-refractivity contribution is -0.142. The maximum Gasteiger partial charge on any atom is 0.330 e. The Labute approximate surface area is 119 Å². The number of carbonyl (C=O) groups excluding carboxylic acids is 1. The molecule has 2 fully saturated rings. The summed E-state index contributed by atoms with van der Waals surface area (Å²) in [4.78, 5) is 16.4. The van der Waals surface area contributed by atoms with Crippen LogP contribution in [0.1, 0.15) is 46.0 Å². The third kappa shape index (κ3) is 3.65. The molecule has 0 aromatic carbocycles. The average Bonchev–Trinajstić information content (AvgIpc) is 2.98. The first-order valence-corrected chi connectivity index (χ1v) is 8.10. The van der Waals surface area contributed by atoms with E-state index in [1.807, 2.05) is 0 Å². The summed E-state index contributed by atoms with van der Waals surface area (Å²) in [5.74, 6) is 1.29. The molecule has 0 amide bonds. The molecular formula is C14H24N2O2S. The van der Waals surface area contributed by atoms with Crippen molar-refractivity contribution in [2.75, 3.05) is 12.9 Å². The summed E-state index contributed by atoms with van der Waals surface area (Å²) in [6, 6.07) is -0.364. The molecule has 108 valence electrons. The third-order valence-corrected chi connectivity index (χ3v) is 5.04. The fraction of sp³-hybridized carbons (Fsp3) is 0.857. The van der Waals surface area contributed by atoms with Gasteiger partial charge in [-0.3, -0.25) is 0 Å². The van der Waals surface area contributed by atoms with E-state index in [4.69, 9.17) is 4.74 Å². The molecule has 0 aromatic heterocycles. The summed E-state index contributed by atoms with van der Waals surface area (Å²) >= 11 is 1.75. The predicted molar refractivity (Wildman–Crippen MR) is 79.5 cm³/mol. The molecule has 0 radical (unpaired) electrons. The second kappa shape index (κ2) is 6.16. The van der Waals surface area contributed by atoms with Crippen LogP contribution in [0.25, 0.3) is 0 Å². The molecule has 0 bridgehead atoms. The third-order valence-electron chi connectivity index (χ3n) is 3.86. The smallest absolute Gasteiger partial charge is 0.330 e. The maximum absolute atomic E-state index is 11.8. The zero-order valence-corrected chi connectivity index (χ0v) is 12.9. The van der Waals surface area contributed by atoms with E-state index in [-0.39, 0.29) is 17.6 Å². The van der Waals surface area contributed by atoms with Crippen LogP contribution >= 0.6 is 11.8 Å². The Morgan fingerprint density at radius 1 is 1.47 bits per heavy atom. The molecule has 1 aliphatic carbocycles. The Balaban J connectivity index is 2.03. The van der Waals surface area contributed by atoms with Gasteiger partial charge in [0, 0.05) is 11.3 Å². The lowest BCUT2D eigenvalue weighted by Crippen LogP contribution is -2.41. The van der Waals surface area contributed by atoms with E-state index in [9.17, 15) is 4.79 Å². The van der Waals surface area contributed by atoms with Crippen molar-refractivity contribution in [1.29, 1.82) is 0 Å². The summed E-state index contributed by atoms with van der Waals surface area (Å²) in [5, 5.41) is 4.48. The monoisotopic (exact) mass is 284 g/mol. The summed E-state index contributed by atoms with van der Waals surface area (Å²) < 4.78 is 4.86. The highest BCUT2D eigenvalue weighted by molar-refractivity contribution is 8.14. The van der Waals surface area contributed by atoms with Gasteiger partial charge >= 0.3 is 5.97 Å². The van der Waals surface area contributed by atoms with E-state index in [1.54, 1.807) is 11.8 Å². The quantitative estimate of drug-likeness (QED) is 0.806. The van der Waals surface area contributed by atoms with Gasteiger partial charge in [0.2, 0.25) is 0 Å². The standard InChI is InChI=1S/C14H24N2O2S/c1-10(2)8-11(12(17)18-3)15-13-16-14(9-19-13)6-4-5-7-14/h10-11H,4-9H2,1-3H3,(H,15,16). The van der Waals surface area contributed by atoms with Crippen molar-refractivity contribution >= 4 is 22.9 Å². The van der Waals surface area contributed by atoms with Gasteiger partial charge in [-0.2, -0.15) is 0 Å². The second-order valence-electron chi connectivity index (χ2n) is 6.00. The highest BCUT2D eigenvalue weighted by Crippen LogP contribution is 2.37. The van der Waals surface area contributed by atoms with Crippen LogP contribution in [0.4, 0.5) is 0 Å². The molecule has 1 saturated heterocycles. The normalized spacial score (nSPS) is 24.9. The minimum atomic E-state index is -0.364. The van der Waals surface area contributed by atoms with E-state index >= 15 is 0 Å². The van der Waals surface area contributed by atoms with Crippen LogP contribution in [-0.2, 0) is 9.53 Å². The molecule has 1 unspecified atom stereocenters. The number of rotatable bonds is 4. The van der Waals surface area contributed by atoms with Gasteiger partial charge in [0.15, 0.2) is 11.2 Å². The van der Waals surface area contributed by atoms with Crippen molar-refractivity contribution in [3.8, 4) is 0 Å². The van der Waals surface area contributed by atoms with E-state index in [2.05, 4.69) is 24.2 Å². The SMILES string of the molecule is COC(=O)C(CC(C)C)N=C1NC2(CCCC2)CS1. The number of methoxy groups -OCH3 is 1. The fourth-order valence-corrected chi connectivity index (χ4v) is 4.09. The summed E-state index contributed by atoms with van der Waals surface area (Å²) in [7, 11) is 1.43. The number of carbonyl (C=O) groups is 1. The number of hydrogen-bond acceptors (Lipinski definition) is 4. The molecule has 1 spiro atoms. The summed E-state index contributed by atoms with van der Waals surface area (Å²) in [6.45, 7) is 4.20. The van der Waals surface area contributed by atoms with Gasteiger partial charge in [-0.25, -0.2) is 9.79 Å². The molecule has 1 N–H and O–H groups in total. The van der Waals surface area contributed by atoms with E-state index in [0.717, 1.165) is 17.3 Å². The number of ether oxygens (including phenoxy) is 1. The number of thioether (sulfide) groups is 1. The topological polar surface area (TPSA) is 50.7 Å². The highest BCUT2D eigenvalue weighted by Gasteiger charge is 2.40. The molecule has 2 aliphatic rings. The zero-order valence-electron chi connectivity index (χ0n) is 12.1. The fourth-order valence-electron chi connectivity index (χ4n) is 2.82. The number of esters is 1. The van der Waals surface area contributed by atoms with Gasteiger partial charge in [-0.1, -0.05) is 38.5 Å². The average molecular weight is 284 g/mol. The van der Waals surface area contributed by atoms with Crippen LogP contribution in [0, 0.1) is 5.92 Å². The van der Waals surface area contributed by atoms with Gasteiger partial charge in [-0.05, 0) is 25.2 Å². The highest BCUT2D eigenvalue weighted by atomic mass is 32.2. The maximum atomic E-state index is 11.8. The Hall–Kier alpha value is -0.710. The molecule has 19 heavy (non-hydrogen) atoms. The summed E-state index contributed by atoms with van der Waals surface area (Å²) in [6.07, 6.45) is 5.80. The molecule has 0 aromatic rings. The van der Waals surface area contributed by atoms with Gasteiger partial charge in [0.05, 0.1) is 7.11 Å². The van der Waals surface area contributed by atoms with Gasteiger partial charge in [0.25, 0.3) is 0 Å². The zero-order chi connectivity index (χ0) is 13.9. The number of aliphatic imine (C=N–C) groups is 1. The minimum absolute atomic E-state index is 0.226. The lowest BCUT2D eigenvalue weighted by atomic mass is 10.0. The molecular weight excluding hydrogens is 260 g/mol. The predicted octanol–water partition coefficient (Wildman–Crippen LogP) is 2.58. The van der Waals surface area contributed by atoms with Crippen LogP contribution < -0.4 is 5.32 Å². The summed E-state index contributed by atoms with van der Waals surface area (Å²) in [5.41, 5.74) is 0.252. The number of hydrogen-bond donors (Lipinski definition) is 1. The van der Waals surface area contributed by atoms with Crippen molar-refractivity contribution in [3.05, 3.63) is 0 Å². The number of nitrogens with one attached hydrogen (secondary N) is 1. The van der Waals surface area contributed by atoms with Crippen LogP contribution in [0.15, 0.2) is 4.99 Å². The first kappa shape index (κ1) is 14.7. The van der Waals surface area contributed by atoms with Crippen molar-refractivity contribution in [1.82, 2.24) is 5.32 Å². The van der Waals surface area contributed by atoms with Crippen molar-refractivity contribution in [2.24, 2.45) is 10.9 Å². The Morgan fingerprint density at radius 3 is 2.74 bits per heavy atom. The van der Waals surface area contributed by atoms with Crippen molar-refractivity contribution in [2.45, 2.75) is 57.5 Å². The van der Waals surface area contributed by atoms with Gasteiger partial charge in [0.1, 0.15) is 0 Å². The van der Waals surface area contributed by atoms with Crippen molar-refractivity contribution < 1.29 is 9.53 Å². The molecule has 1 atom stereocenters. The molecule has 4 nitrogen and oxygen atoms in total. The molecule has 1 saturated carbocycles. The Morgan fingerprint density at radius 2 is 2.16 bits per heavy atom. The Bertz CT molecular complexity index is 362. The van der Waals surface area contributed by atoms with E-state index in [1.165, 1.54) is 32.8 Å². The number of amidine groups is 1. The second-order valence-corrected chi connectivity index (χ2v) is 6.97. The molecule has 5 heteroatoms. The van der Waals surface area contributed by atoms with Crippen LogP contribution in [0.2, 0.25) is 0 Å². The Kier molecular flexibility index (Phi) is 4.76. The lowest BCUT2D eigenvalue weighted by Gasteiger charge is -2.22. The van der Waals surface area contributed by atoms with Gasteiger partial charge in [-0.15, -0.1) is 0 Å². The minimum Gasteiger partial charge on any atom is -0.467 e. The van der Waals surface area contributed by atoms with Gasteiger partial charge < -0.3 is 10.1 Å². The largest absolute Gasteiger partial charge is 0.467 e. The van der Waals surface area contributed by atoms with Crippen LogP contribution in [0.3, 0.4) is 0 Å². The first-order chi connectivity index (χ1) is 9.04. The van der Waals surface area contributed by atoms with E-state index in [0.29, 0.717) is 5.92 Å². The van der Waals surface area contributed by atoms with Crippen LogP contribution in [-0.4, -0.2) is 35.6 Å². The molecule has 1 aliphatic heterocycles. The first-order valence-electron chi connectivity index (χ1n) is 7.11. The molecule has 2 rings (SSSR count). The van der Waals surface area contributed by atoms with Crippen molar-refractivity contribution in [3.63, 3.8) is 0 Å². The van der Waals surface area contributed by atoms with E-state index < -0.39 is 0 Å². The molecule has 1 heterocycles. The van der Waals surface area contributed by atoms with Crippen LogP contribution in [0.5, 0.6) is 0 Å².